The van der Waals surface area contributed by atoms with E-state index in [-0.39, 0.29) is 18.9 Å². The van der Waals surface area contributed by atoms with Gasteiger partial charge in [-0.2, -0.15) is 23.4 Å². The van der Waals surface area contributed by atoms with Gasteiger partial charge in [0, 0.05) is 18.8 Å². The second kappa shape index (κ2) is 5.65. The number of rotatable bonds is 3. The molecular weight excluding hydrogens is 243 g/mol. The Morgan fingerprint density at radius 3 is 2.83 bits per heavy atom. The largest absolute Gasteiger partial charge is 0.391 e. The molecule has 1 aromatic rings. The van der Waals surface area contributed by atoms with Gasteiger partial charge in [-0.05, 0) is 31.4 Å². The molecule has 0 saturated heterocycles. The Balaban J connectivity index is 1.83. The molecule has 0 amide bonds. The highest BCUT2D eigenvalue weighted by molar-refractivity contribution is 4.99. The number of hydrogen-bond acceptors (Lipinski definition) is 3. The summed E-state index contributed by atoms with van der Waals surface area (Å²) in [6.07, 6.45) is -0.636. The molecule has 0 aliphatic heterocycles. The Labute approximate surface area is 104 Å². The molecule has 2 unspecified atom stereocenters. The van der Waals surface area contributed by atoms with Crippen molar-refractivity contribution >= 4 is 0 Å². The van der Waals surface area contributed by atoms with Gasteiger partial charge in [-0.25, -0.2) is 0 Å². The highest BCUT2D eigenvalue weighted by atomic mass is 19.4. The highest BCUT2D eigenvalue weighted by Gasteiger charge is 2.41. The van der Waals surface area contributed by atoms with Crippen LogP contribution in [-0.2, 0) is 6.54 Å². The van der Waals surface area contributed by atoms with E-state index in [1.807, 2.05) is 6.07 Å². The van der Waals surface area contributed by atoms with Crippen molar-refractivity contribution in [3.05, 3.63) is 24.0 Å². The number of nitrogens with one attached hydrogen (secondary N) is 1. The lowest BCUT2D eigenvalue weighted by atomic mass is 9.85. The molecule has 18 heavy (non-hydrogen) atoms. The summed E-state index contributed by atoms with van der Waals surface area (Å²) < 4.78 is 37.9. The smallest absolute Gasteiger partial charge is 0.308 e. The first-order valence-corrected chi connectivity index (χ1v) is 6.12. The summed E-state index contributed by atoms with van der Waals surface area (Å²) in [6.45, 7) is 0.475. The molecule has 0 bridgehead atoms. The molecule has 6 heteroatoms. The number of hydrogen-bond donors (Lipinski definition) is 1. The Morgan fingerprint density at radius 1 is 1.33 bits per heavy atom. The van der Waals surface area contributed by atoms with Crippen LogP contribution in [0.15, 0.2) is 18.3 Å². The van der Waals surface area contributed by atoms with Crippen molar-refractivity contribution in [2.75, 3.05) is 0 Å². The summed E-state index contributed by atoms with van der Waals surface area (Å²) in [4.78, 5) is 0. The van der Waals surface area contributed by atoms with Crippen molar-refractivity contribution < 1.29 is 13.2 Å². The van der Waals surface area contributed by atoms with E-state index in [2.05, 4.69) is 15.5 Å². The van der Waals surface area contributed by atoms with E-state index in [9.17, 15) is 13.2 Å². The molecule has 2 atom stereocenters. The van der Waals surface area contributed by atoms with Gasteiger partial charge in [0.1, 0.15) is 0 Å². The predicted octanol–water partition coefficient (Wildman–Crippen LogP) is 2.69. The Bertz CT molecular complexity index is 367. The van der Waals surface area contributed by atoms with Crippen LogP contribution < -0.4 is 5.32 Å². The van der Waals surface area contributed by atoms with Gasteiger partial charge in [0.05, 0.1) is 11.6 Å². The van der Waals surface area contributed by atoms with Crippen molar-refractivity contribution in [3.63, 3.8) is 0 Å². The van der Waals surface area contributed by atoms with Gasteiger partial charge in [-0.1, -0.05) is 6.42 Å². The van der Waals surface area contributed by atoms with E-state index in [0.717, 1.165) is 12.1 Å². The molecular formula is C12H16F3N3. The maximum atomic E-state index is 12.6. The maximum absolute atomic E-state index is 12.6. The molecule has 1 aliphatic rings. The Hall–Kier alpha value is -1.17. The lowest BCUT2D eigenvalue weighted by Crippen LogP contribution is -2.38. The zero-order chi connectivity index (χ0) is 13.0. The Kier molecular flexibility index (Phi) is 4.16. The minimum Gasteiger partial charge on any atom is -0.308 e. The fraction of sp³-hybridized carbons (Fsp3) is 0.667. The van der Waals surface area contributed by atoms with E-state index < -0.39 is 12.1 Å². The predicted molar refractivity (Wildman–Crippen MR) is 60.7 cm³/mol. The molecule has 3 nitrogen and oxygen atoms in total. The summed E-state index contributed by atoms with van der Waals surface area (Å²) in [5.74, 6) is -1.16. The van der Waals surface area contributed by atoms with Crippen LogP contribution in [0, 0.1) is 5.92 Å². The molecule has 0 aromatic carbocycles. The van der Waals surface area contributed by atoms with Crippen LogP contribution in [0.25, 0.3) is 0 Å². The third-order valence-electron chi connectivity index (χ3n) is 3.34. The van der Waals surface area contributed by atoms with Gasteiger partial charge in [-0.15, -0.1) is 0 Å². The third kappa shape index (κ3) is 3.66. The molecule has 1 N–H and O–H groups in total. The first-order valence-electron chi connectivity index (χ1n) is 6.12. The minimum atomic E-state index is -4.06. The van der Waals surface area contributed by atoms with Crippen molar-refractivity contribution in [2.24, 2.45) is 5.92 Å². The molecule has 0 radical (unpaired) electrons. The van der Waals surface area contributed by atoms with Crippen LogP contribution in [0.5, 0.6) is 0 Å². The monoisotopic (exact) mass is 259 g/mol. The van der Waals surface area contributed by atoms with Gasteiger partial charge in [-0.3, -0.25) is 0 Å². The zero-order valence-electron chi connectivity index (χ0n) is 9.95. The summed E-state index contributed by atoms with van der Waals surface area (Å²) in [5.41, 5.74) is 0.756. The molecule has 1 fully saturated rings. The van der Waals surface area contributed by atoms with E-state index in [0.29, 0.717) is 13.0 Å². The lowest BCUT2D eigenvalue weighted by Gasteiger charge is -2.31. The number of alkyl halides is 3. The third-order valence-corrected chi connectivity index (χ3v) is 3.34. The van der Waals surface area contributed by atoms with Gasteiger partial charge < -0.3 is 5.32 Å². The standard InChI is InChI=1S/C12H16F3N3/c13-12(14,15)9-3-1-4-10(7-9)16-8-11-5-2-6-17-18-11/h2,5-6,9-10,16H,1,3-4,7-8H2. The van der Waals surface area contributed by atoms with Crippen LogP contribution >= 0.6 is 0 Å². The Morgan fingerprint density at radius 2 is 2.17 bits per heavy atom. The summed E-state index contributed by atoms with van der Waals surface area (Å²) in [7, 11) is 0. The van der Waals surface area contributed by atoms with Crippen LogP contribution in [0.3, 0.4) is 0 Å². The molecule has 100 valence electrons. The average molecular weight is 259 g/mol. The first-order chi connectivity index (χ1) is 8.55. The summed E-state index contributed by atoms with van der Waals surface area (Å²) in [6, 6.07) is 3.50. The fourth-order valence-corrected chi connectivity index (χ4v) is 2.35. The quantitative estimate of drug-likeness (QED) is 0.907. The van der Waals surface area contributed by atoms with E-state index in [4.69, 9.17) is 0 Å². The molecule has 2 rings (SSSR count). The number of halogens is 3. The van der Waals surface area contributed by atoms with Crippen LogP contribution in [0.1, 0.15) is 31.4 Å². The average Bonchev–Trinajstić information content (AvgIpc) is 2.37. The van der Waals surface area contributed by atoms with Crippen LogP contribution in [-0.4, -0.2) is 22.4 Å². The normalized spacial score (nSPS) is 25.1. The fourth-order valence-electron chi connectivity index (χ4n) is 2.35. The van der Waals surface area contributed by atoms with E-state index >= 15 is 0 Å². The van der Waals surface area contributed by atoms with Crippen molar-refractivity contribution in [1.29, 1.82) is 0 Å². The SMILES string of the molecule is FC(F)(F)C1CCCC(NCc2cccnn2)C1. The maximum Gasteiger partial charge on any atom is 0.391 e. The molecule has 0 spiro atoms. The summed E-state index contributed by atoms with van der Waals surface area (Å²) >= 11 is 0. The number of nitrogens with zero attached hydrogens (tertiary/aromatic N) is 2. The van der Waals surface area contributed by atoms with Crippen LogP contribution in [0.4, 0.5) is 13.2 Å². The molecule has 1 aromatic heterocycles. The van der Waals surface area contributed by atoms with Crippen molar-refractivity contribution in [2.45, 2.75) is 44.4 Å². The van der Waals surface area contributed by atoms with Crippen molar-refractivity contribution in [1.82, 2.24) is 15.5 Å². The highest BCUT2D eigenvalue weighted by Crippen LogP contribution is 2.37. The lowest BCUT2D eigenvalue weighted by molar-refractivity contribution is -0.183. The van der Waals surface area contributed by atoms with E-state index in [1.165, 1.54) is 0 Å². The topological polar surface area (TPSA) is 37.8 Å². The van der Waals surface area contributed by atoms with Crippen molar-refractivity contribution in [3.8, 4) is 0 Å². The molecule has 1 heterocycles. The van der Waals surface area contributed by atoms with E-state index in [1.54, 1.807) is 12.3 Å². The minimum absolute atomic E-state index is 0.0765. The van der Waals surface area contributed by atoms with Gasteiger partial charge in [0.2, 0.25) is 0 Å². The second-order valence-electron chi connectivity index (χ2n) is 4.70. The summed E-state index contributed by atoms with van der Waals surface area (Å²) in [5, 5.41) is 10.8. The van der Waals surface area contributed by atoms with Gasteiger partial charge in [0.15, 0.2) is 0 Å². The second-order valence-corrected chi connectivity index (χ2v) is 4.70. The zero-order valence-corrected chi connectivity index (χ0v) is 9.95. The van der Waals surface area contributed by atoms with Gasteiger partial charge in [0.25, 0.3) is 0 Å². The first kappa shape index (κ1) is 13.3. The molecule has 1 aliphatic carbocycles. The molecule has 1 saturated carbocycles. The number of aromatic nitrogens is 2. The van der Waals surface area contributed by atoms with Crippen LogP contribution in [0.2, 0.25) is 0 Å². The van der Waals surface area contributed by atoms with Gasteiger partial charge >= 0.3 is 6.18 Å².